The summed E-state index contributed by atoms with van der Waals surface area (Å²) in [5.41, 5.74) is 3.92. The van der Waals surface area contributed by atoms with Gasteiger partial charge in [-0.15, -0.1) is 0 Å². The van der Waals surface area contributed by atoms with Crippen LogP contribution in [0.2, 0.25) is 0 Å². The predicted octanol–water partition coefficient (Wildman–Crippen LogP) is 5.87. The topological polar surface area (TPSA) is 48.0 Å². The molecule has 33 heavy (non-hydrogen) atoms. The van der Waals surface area contributed by atoms with Crippen LogP contribution in [0, 0.1) is 12.7 Å². The Bertz CT molecular complexity index is 1290. The van der Waals surface area contributed by atoms with Crippen LogP contribution in [0.4, 0.5) is 4.39 Å². The van der Waals surface area contributed by atoms with Gasteiger partial charge in [0.2, 0.25) is 5.78 Å². The lowest BCUT2D eigenvalue weighted by Crippen LogP contribution is -2.31. The van der Waals surface area contributed by atoms with Crippen molar-refractivity contribution in [3.8, 4) is 17.2 Å². The lowest BCUT2D eigenvalue weighted by Gasteiger charge is -2.30. The number of ketones is 1. The number of aryl methyl sites for hydroxylation is 1. The normalized spacial score (nSPS) is 16.2. The third-order valence-electron chi connectivity index (χ3n) is 5.79. The molecule has 0 amide bonds. The van der Waals surface area contributed by atoms with Gasteiger partial charge in [-0.1, -0.05) is 28.1 Å². The summed E-state index contributed by atoms with van der Waals surface area (Å²) >= 11 is 3.46. The molecule has 3 aromatic rings. The molecule has 0 fully saturated rings. The van der Waals surface area contributed by atoms with E-state index < -0.39 is 0 Å². The molecule has 0 saturated carbocycles. The second kappa shape index (κ2) is 8.65. The first kappa shape index (κ1) is 21.7. The molecule has 0 unspecified atom stereocenters. The van der Waals surface area contributed by atoms with Crippen LogP contribution in [-0.4, -0.2) is 24.5 Å². The van der Waals surface area contributed by atoms with Gasteiger partial charge >= 0.3 is 0 Å². The minimum absolute atomic E-state index is 0.164. The quantitative estimate of drug-likeness (QED) is 0.411. The highest BCUT2D eigenvalue weighted by Crippen LogP contribution is 2.44. The van der Waals surface area contributed by atoms with E-state index in [0.29, 0.717) is 36.9 Å². The number of halogens is 2. The van der Waals surface area contributed by atoms with Gasteiger partial charge in [-0.2, -0.15) is 0 Å². The van der Waals surface area contributed by atoms with E-state index in [-0.39, 0.29) is 17.4 Å². The lowest BCUT2D eigenvalue weighted by atomic mass is 9.98. The second-order valence-corrected chi connectivity index (χ2v) is 9.00. The number of carbonyl (C=O) groups is 1. The third-order valence-corrected chi connectivity index (χ3v) is 6.28. The average molecular weight is 510 g/mol. The molecule has 0 aliphatic carbocycles. The highest BCUT2D eigenvalue weighted by molar-refractivity contribution is 9.10. The zero-order valence-corrected chi connectivity index (χ0v) is 19.7. The number of hydrogen-bond donors (Lipinski definition) is 0. The summed E-state index contributed by atoms with van der Waals surface area (Å²) in [6.07, 6.45) is 1.71. The third kappa shape index (κ3) is 4.14. The summed E-state index contributed by atoms with van der Waals surface area (Å²) in [6, 6.07) is 13.9. The molecule has 0 radical (unpaired) electrons. The first-order valence-electron chi connectivity index (χ1n) is 10.5. The number of hydrogen-bond acceptors (Lipinski definition) is 5. The Labute approximate surface area is 199 Å². The van der Waals surface area contributed by atoms with Crippen molar-refractivity contribution in [1.82, 2.24) is 4.90 Å². The SMILES string of the molecule is COc1ccc(Br)cc1/C=C1\Oc2c3c(cc(C)c2C1=O)OCN(Cc1ccc(F)cc1)C3. The molecule has 5 nitrogen and oxygen atoms in total. The summed E-state index contributed by atoms with van der Waals surface area (Å²) in [5, 5.41) is 0. The van der Waals surface area contributed by atoms with E-state index >= 15 is 0 Å². The fourth-order valence-electron chi connectivity index (χ4n) is 4.18. The monoisotopic (exact) mass is 509 g/mol. The predicted molar refractivity (Wildman–Crippen MR) is 126 cm³/mol. The Morgan fingerprint density at radius 3 is 2.73 bits per heavy atom. The van der Waals surface area contributed by atoms with Crippen molar-refractivity contribution in [2.75, 3.05) is 13.8 Å². The van der Waals surface area contributed by atoms with E-state index in [4.69, 9.17) is 14.2 Å². The number of nitrogens with zero attached hydrogens (tertiary/aromatic N) is 1. The molecule has 0 spiro atoms. The highest BCUT2D eigenvalue weighted by Gasteiger charge is 2.35. The zero-order chi connectivity index (χ0) is 23.1. The smallest absolute Gasteiger partial charge is 0.232 e. The molecule has 5 rings (SSSR count). The second-order valence-electron chi connectivity index (χ2n) is 8.09. The maximum atomic E-state index is 13.3. The van der Waals surface area contributed by atoms with Gasteiger partial charge in [0, 0.05) is 23.1 Å². The Morgan fingerprint density at radius 2 is 1.97 bits per heavy atom. The standard InChI is InChI=1S/C26H21BrFNO4/c1-15-9-22-20(13-29(14-32-22)12-16-3-6-19(28)7-4-16)26-24(15)25(30)23(33-26)11-17-10-18(27)5-8-21(17)31-2/h3-11H,12-14H2,1-2H3/b23-11-. The molecule has 0 bridgehead atoms. The Morgan fingerprint density at radius 1 is 1.18 bits per heavy atom. The van der Waals surface area contributed by atoms with Gasteiger partial charge in [-0.25, -0.2) is 4.39 Å². The number of allylic oxidation sites excluding steroid dienone is 1. The van der Waals surface area contributed by atoms with Crippen molar-refractivity contribution in [1.29, 1.82) is 0 Å². The molecule has 3 aromatic carbocycles. The van der Waals surface area contributed by atoms with Crippen LogP contribution in [0.15, 0.2) is 58.8 Å². The van der Waals surface area contributed by atoms with E-state index in [0.717, 1.165) is 32.5 Å². The van der Waals surface area contributed by atoms with Crippen molar-refractivity contribution in [2.24, 2.45) is 0 Å². The number of Topliss-reactive ketones (excluding diaryl/α,β-unsaturated/α-hetero) is 1. The van der Waals surface area contributed by atoms with E-state index in [1.807, 2.05) is 31.2 Å². The summed E-state index contributed by atoms with van der Waals surface area (Å²) in [7, 11) is 1.59. The first-order chi connectivity index (χ1) is 15.9. The van der Waals surface area contributed by atoms with E-state index in [2.05, 4.69) is 20.8 Å². The molecular formula is C26H21BrFNO4. The minimum atomic E-state index is -0.263. The molecule has 168 valence electrons. The number of carbonyl (C=O) groups excluding carboxylic acids is 1. The van der Waals surface area contributed by atoms with Crippen LogP contribution < -0.4 is 14.2 Å². The summed E-state index contributed by atoms with van der Waals surface area (Å²) < 4.78 is 31.7. The molecular weight excluding hydrogens is 489 g/mol. The van der Waals surface area contributed by atoms with E-state index in [9.17, 15) is 9.18 Å². The number of ether oxygens (including phenoxy) is 3. The molecule has 7 heteroatoms. The molecule has 2 heterocycles. The highest BCUT2D eigenvalue weighted by atomic mass is 79.9. The fraction of sp³-hybridized carbons (Fsp3) is 0.192. The molecule has 0 aromatic heterocycles. The van der Waals surface area contributed by atoms with Crippen LogP contribution in [0.1, 0.15) is 32.6 Å². The van der Waals surface area contributed by atoms with Crippen LogP contribution in [-0.2, 0) is 13.1 Å². The summed E-state index contributed by atoms with van der Waals surface area (Å²) in [5.74, 6) is 1.72. The molecule has 0 atom stereocenters. The Balaban J connectivity index is 1.47. The van der Waals surface area contributed by atoms with Gasteiger partial charge in [0.1, 0.15) is 29.8 Å². The van der Waals surface area contributed by atoms with Crippen molar-refractivity contribution >= 4 is 27.8 Å². The van der Waals surface area contributed by atoms with Gasteiger partial charge < -0.3 is 14.2 Å². The number of fused-ring (bicyclic) bond motifs is 3. The molecule has 0 saturated heterocycles. The summed E-state index contributed by atoms with van der Waals surface area (Å²) in [6.45, 7) is 3.43. The molecule has 2 aliphatic rings. The van der Waals surface area contributed by atoms with Crippen LogP contribution in [0.3, 0.4) is 0 Å². The first-order valence-corrected chi connectivity index (χ1v) is 11.3. The largest absolute Gasteiger partial charge is 0.496 e. The van der Waals surface area contributed by atoms with Gasteiger partial charge in [0.25, 0.3) is 0 Å². The van der Waals surface area contributed by atoms with Gasteiger partial charge in [-0.3, -0.25) is 9.69 Å². The molecule has 2 aliphatic heterocycles. The molecule has 0 N–H and O–H groups in total. The van der Waals surface area contributed by atoms with Crippen molar-refractivity contribution in [3.63, 3.8) is 0 Å². The van der Waals surface area contributed by atoms with Crippen LogP contribution >= 0.6 is 15.9 Å². The lowest BCUT2D eigenvalue weighted by molar-refractivity contribution is 0.0872. The van der Waals surface area contributed by atoms with Gasteiger partial charge in [0.15, 0.2) is 5.76 Å². The number of methoxy groups -OCH3 is 1. The zero-order valence-electron chi connectivity index (χ0n) is 18.2. The Hall–Kier alpha value is -3.16. The van der Waals surface area contributed by atoms with Gasteiger partial charge in [-0.05, 0) is 60.5 Å². The van der Waals surface area contributed by atoms with E-state index in [1.165, 1.54) is 12.1 Å². The van der Waals surface area contributed by atoms with Crippen LogP contribution in [0.25, 0.3) is 6.08 Å². The number of rotatable bonds is 4. The van der Waals surface area contributed by atoms with Crippen molar-refractivity contribution in [3.05, 3.63) is 92.4 Å². The van der Waals surface area contributed by atoms with Crippen LogP contribution in [0.5, 0.6) is 17.2 Å². The minimum Gasteiger partial charge on any atom is -0.496 e. The maximum absolute atomic E-state index is 13.3. The van der Waals surface area contributed by atoms with E-state index in [1.54, 1.807) is 25.3 Å². The fourth-order valence-corrected chi connectivity index (χ4v) is 4.56. The average Bonchev–Trinajstić information content (AvgIpc) is 3.13. The van der Waals surface area contributed by atoms with Crippen molar-refractivity contribution in [2.45, 2.75) is 20.0 Å². The van der Waals surface area contributed by atoms with Crippen molar-refractivity contribution < 1.29 is 23.4 Å². The summed E-state index contributed by atoms with van der Waals surface area (Å²) in [4.78, 5) is 15.3. The Kier molecular flexibility index (Phi) is 5.68. The number of benzene rings is 3. The van der Waals surface area contributed by atoms with Gasteiger partial charge in [0.05, 0.1) is 18.2 Å². The maximum Gasteiger partial charge on any atom is 0.232 e.